The fourth-order valence-corrected chi connectivity index (χ4v) is 1.88. The van der Waals surface area contributed by atoms with Gasteiger partial charge in [0.15, 0.2) is 0 Å². The van der Waals surface area contributed by atoms with Crippen LogP contribution in [0.1, 0.15) is 29.0 Å². The number of aromatic nitrogens is 4. The standard InChI is InChI=1S/C12H13N5O/c18-12(11-14-8-15-16-11)17(10-1-2-10)7-9-3-5-13-6-4-9/h3-6,8,10H,1-2,7H2,(H,14,15,16). The van der Waals surface area contributed by atoms with Crippen molar-refractivity contribution in [3.8, 4) is 0 Å². The van der Waals surface area contributed by atoms with Crippen molar-refractivity contribution >= 4 is 5.91 Å². The summed E-state index contributed by atoms with van der Waals surface area (Å²) in [6.07, 6.45) is 6.94. The number of nitrogens with one attached hydrogen (secondary N) is 1. The first-order valence-electron chi connectivity index (χ1n) is 5.90. The molecule has 2 aromatic rings. The summed E-state index contributed by atoms with van der Waals surface area (Å²) < 4.78 is 0. The highest BCUT2D eigenvalue weighted by Crippen LogP contribution is 2.29. The minimum atomic E-state index is -0.0909. The van der Waals surface area contributed by atoms with Crippen LogP contribution in [0.5, 0.6) is 0 Å². The number of hydrogen-bond donors (Lipinski definition) is 1. The van der Waals surface area contributed by atoms with Gasteiger partial charge in [-0.05, 0) is 30.5 Å². The second-order valence-electron chi connectivity index (χ2n) is 4.35. The van der Waals surface area contributed by atoms with Crippen molar-refractivity contribution in [2.75, 3.05) is 0 Å². The molecule has 0 radical (unpaired) electrons. The zero-order valence-corrected chi connectivity index (χ0v) is 9.78. The summed E-state index contributed by atoms with van der Waals surface area (Å²) in [5.74, 6) is 0.211. The normalized spacial score (nSPS) is 14.4. The third kappa shape index (κ3) is 2.22. The Morgan fingerprint density at radius 1 is 1.39 bits per heavy atom. The van der Waals surface area contributed by atoms with Gasteiger partial charge in [0.25, 0.3) is 5.91 Å². The zero-order chi connectivity index (χ0) is 12.4. The van der Waals surface area contributed by atoms with Gasteiger partial charge in [-0.15, -0.1) is 0 Å². The Balaban J connectivity index is 1.79. The summed E-state index contributed by atoms with van der Waals surface area (Å²) in [6, 6.07) is 4.17. The Labute approximate surface area is 104 Å². The van der Waals surface area contributed by atoms with Crippen LogP contribution in [0.3, 0.4) is 0 Å². The van der Waals surface area contributed by atoms with Crippen molar-refractivity contribution in [1.82, 2.24) is 25.1 Å². The van der Waals surface area contributed by atoms with Crippen LogP contribution in [-0.4, -0.2) is 37.0 Å². The zero-order valence-electron chi connectivity index (χ0n) is 9.78. The maximum Gasteiger partial charge on any atom is 0.291 e. The van der Waals surface area contributed by atoms with Crippen LogP contribution in [0.4, 0.5) is 0 Å². The summed E-state index contributed by atoms with van der Waals surface area (Å²) in [6.45, 7) is 0.590. The molecular formula is C12H13N5O. The number of pyridine rings is 1. The van der Waals surface area contributed by atoms with Gasteiger partial charge in [0.2, 0.25) is 5.82 Å². The highest BCUT2D eigenvalue weighted by atomic mass is 16.2. The number of carbonyl (C=O) groups is 1. The van der Waals surface area contributed by atoms with E-state index in [-0.39, 0.29) is 5.91 Å². The third-order valence-electron chi connectivity index (χ3n) is 2.97. The van der Waals surface area contributed by atoms with E-state index in [1.807, 2.05) is 17.0 Å². The summed E-state index contributed by atoms with van der Waals surface area (Å²) in [4.78, 5) is 22.0. The number of rotatable bonds is 4. The molecule has 1 aliphatic carbocycles. The van der Waals surface area contributed by atoms with Crippen LogP contribution in [0, 0.1) is 0 Å². The monoisotopic (exact) mass is 243 g/mol. The van der Waals surface area contributed by atoms with Crippen LogP contribution in [0.15, 0.2) is 30.9 Å². The molecule has 0 bridgehead atoms. The summed E-state index contributed by atoms with van der Waals surface area (Å²) >= 11 is 0. The van der Waals surface area contributed by atoms with Gasteiger partial charge in [-0.3, -0.25) is 14.9 Å². The molecular weight excluding hydrogens is 230 g/mol. The van der Waals surface area contributed by atoms with E-state index in [1.54, 1.807) is 12.4 Å². The molecule has 92 valence electrons. The molecule has 0 atom stereocenters. The minimum Gasteiger partial charge on any atom is -0.329 e. The number of aromatic amines is 1. The van der Waals surface area contributed by atoms with Gasteiger partial charge >= 0.3 is 0 Å². The van der Waals surface area contributed by atoms with Crippen molar-refractivity contribution in [1.29, 1.82) is 0 Å². The highest BCUT2D eigenvalue weighted by molar-refractivity contribution is 5.90. The first kappa shape index (κ1) is 10.9. The van der Waals surface area contributed by atoms with Crippen LogP contribution < -0.4 is 0 Å². The summed E-state index contributed by atoms with van der Waals surface area (Å²) in [5.41, 5.74) is 1.07. The van der Waals surface area contributed by atoms with Crippen LogP contribution >= 0.6 is 0 Å². The van der Waals surface area contributed by atoms with Gasteiger partial charge < -0.3 is 4.90 Å². The second-order valence-corrected chi connectivity index (χ2v) is 4.35. The maximum atomic E-state index is 12.3. The molecule has 1 aliphatic rings. The number of H-pyrrole nitrogens is 1. The van der Waals surface area contributed by atoms with E-state index in [1.165, 1.54) is 6.33 Å². The molecule has 0 unspecified atom stereocenters. The molecule has 0 spiro atoms. The van der Waals surface area contributed by atoms with E-state index in [0.717, 1.165) is 18.4 Å². The Hall–Kier alpha value is -2.24. The number of hydrogen-bond acceptors (Lipinski definition) is 4. The van der Waals surface area contributed by atoms with E-state index in [2.05, 4.69) is 20.2 Å². The Morgan fingerprint density at radius 2 is 2.17 bits per heavy atom. The van der Waals surface area contributed by atoms with Crippen LogP contribution in [-0.2, 0) is 6.54 Å². The molecule has 1 N–H and O–H groups in total. The third-order valence-corrected chi connectivity index (χ3v) is 2.97. The van der Waals surface area contributed by atoms with E-state index in [9.17, 15) is 4.79 Å². The van der Waals surface area contributed by atoms with Crippen LogP contribution in [0.2, 0.25) is 0 Å². The first-order valence-corrected chi connectivity index (χ1v) is 5.90. The SMILES string of the molecule is O=C(c1ncn[nH]1)N(Cc1ccncc1)C1CC1. The van der Waals surface area contributed by atoms with Crippen molar-refractivity contribution < 1.29 is 4.79 Å². The predicted octanol–water partition coefficient (Wildman–Crippen LogP) is 1.00. The van der Waals surface area contributed by atoms with Gasteiger partial charge in [-0.1, -0.05) is 0 Å². The van der Waals surface area contributed by atoms with E-state index >= 15 is 0 Å². The fraction of sp³-hybridized carbons (Fsp3) is 0.333. The molecule has 18 heavy (non-hydrogen) atoms. The average molecular weight is 243 g/mol. The number of amides is 1. The van der Waals surface area contributed by atoms with E-state index < -0.39 is 0 Å². The topological polar surface area (TPSA) is 74.8 Å². The smallest absolute Gasteiger partial charge is 0.291 e. The molecule has 1 amide bonds. The second kappa shape index (κ2) is 4.56. The molecule has 6 nitrogen and oxygen atoms in total. The van der Waals surface area contributed by atoms with Gasteiger partial charge in [-0.2, -0.15) is 5.10 Å². The fourth-order valence-electron chi connectivity index (χ4n) is 1.88. The minimum absolute atomic E-state index is 0.0909. The van der Waals surface area contributed by atoms with E-state index in [4.69, 9.17) is 0 Å². The summed E-state index contributed by atoms with van der Waals surface area (Å²) in [7, 11) is 0. The highest BCUT2D eigenvalue weighted by Gasteiger charge is 2.34. The predicted molar refractivity (Wildman–Crippen MR) is 63.5 cm³/mol. The lowest BCUT2D eigenvalue weighted by Gasteiger charge is -2.21. The Kier molecular flexibility index (Phi) is 2.76. The lowest BCUT2D eigenvalue weighted by atomic mass is 10.2. The van der Waals surface area contributed by atoms with Crippen molar-refractivity contribution in [2.24, 2.45) is 0 Å². The first-order chi connectivity index (χ1) is 8.84. The van der Waals surface area contributed by atoms with Crippen molar-refractivity contribution in [2.45, 2.75) is 25.4 Å². The van der Waals surface area contributed by atoms with Gasteiger partial charge in [-0.25, -0.2) is 4.98 Å². The molecule has 0 saturated heterocycles. The lowest BCUT2D eigenvalue weighted by Crippen LogP contribution is -2.33. The van der Waals surface area contributed by atoms with Gasteiger partial charge in [0, 0.05) is 25.0 Å². The average Bonchev–Trinajstić information content (AvgIpc) is 3.10. The molecule has 1 saturated carbocycles. The molecule has 3 rings (SSSR count). The lowest BCUT2D eigenvalue weighted by molar-refractivity contribution is 0.0718. The van der Waals surface area contributed by atoms with Crippen molar-refractivity contribution in [3.63, 3.8) is 0 Å². The number of carbonyl (C=O) groups excluding carboxylic acids is 1. The molecule has 2 heterocycles. The van der Waals surface area contributed by atoms with Gasteiger partial charge in [0.1, 0.15) is 6.33 Å². The van der Waals surface area contributed by atoms with E-state index in [0.29, 0.717) is 18.4 Å². The van der Waals surface area contributed by atoms with Gasteiger partial charge in [0.05, 0.1) is 0 Å². The molecule has 1 fully saturated rings. The van der Waals surface area contributed by atoms with Crippen LogP contribution in [0.25, 0.3) is 0 Å². The largest absolute Gasteiger partial charge is 0.329 e. The Morgan fingerprint density at radius 3 is 2.78 bits per heavy atom. The van der Waals surface area contributed by atoms with Crippen molar-refractivity contribution in [3.05, 3.63) is 42.2 Å². The number of nitrogens with zero attached hydrogens (tertiary/aromatic N) is 4. The molecule has 2 aromatic heterocycles. The Bertz CT molecular complexity index is 521. The maximum absolute atomic E-state index is 12.3. The molecule has 0 aromatic carbocycles. The quantitative estimate of drug-likeness (QED) is 0.869. The summed E-state index contributed by atoms with van der Waals surface area (Å²) in [5, 5.41) is 6.34. The molecule has 0 aliphatic heterocycles. The molecule has 6 heteroatoms.